The summed E-state index contributed by atoms with van der Waals surface area (Å²) in [6.45, 7) is 0.872. The molecule has 9 heteroatoms. The molecule has 0 aliphatic carbocycles. The third-order valence-corrected chi connectivity index (χ3v) is 4.29. The minimum Gasteiger partial charge on any atom is -0.372 e. The van der Waals surface area contributed by atoms with Crippen molar-refractivity contribution in [3.63, 3.8) is 0 Å². The maximum Gasteiger partial charge on any atom is 0.238 e. The number of imidazole rings is 1. The molecule has 3 N–H and O–H groups in total. The van der Waals surface area contributed by atoms with Crippen LogP contribution >= 0.6 is 0 Å². The fraction of sp³-hybridized carbons (Fsp3) is 0.417. The number of ether oxygens (including phenoxy) is 1. The number of rotatable bonds is 3. The van der Waals surface area contributed by atoms with E-state index in [1.807, 2.05) is 4.90 Å². The maximum absolute atomic E-state index is 12.7. The number of nitrogens with zero attached hydrogens (tertiary/aromatic N) is 2. The van der Waals surface area contributed by atoms with Gasteiger partial charge >= 0.3 is 0 Å². The highest BCUT2D eigenvalue weighted by Gasteiger charge is 2.22. The largest absolute Gasteiger partial charge is 0.372 e. The molecule has 0 amide bonds. The van der Waals surface area contributed by atoms with E-state index in [4.69, 9.17) is 9.88 Å². The first-order valence-electron chi connectivity index (χ1n) is 6.42. The topological polar surface area (TPSA) is 101 Å². The summed E-state index contributed by atoms with van der Waals surface area (Å²) < 4.78 is 40.6. The molecule has 0 spiro atoms. The molecule has 1 unspecified atom stereocenters. The molecule has 1 aromatic heterocycles. The molecular formula is C12H15FN4O3S. The zero-order valence-corrected chi connectivity index (χ0v) is 11.9. The van der Waals surface area contributed by atoms with Crippen LogP contribution in [0.1, 0.15) is 0 Å². The van der Waals surface area contributed by atoms with Gasteiger partial charge in [0.15, 0.2) is 0 Å². The van der Waals surface area contributed by atoms with E-state index < -0.39 is 22.8 Å². The highest BCUT2D eigenvalue weighted by molar-refractivity contribution is 7.89. The summed E-state index contributed by atoms with van der Waals surface area (Å²) in [7, 11) is -3.75. The number of fused-ring (bicyclic) bond motifs is 1. The molecule has 114 valence electrons. The number of morpholine rings is 1. The Balaban J connectivity index is 1.94. The standard InChI is InChI=1S/C12H15FN4O3S/c13-6-8-7-17(3-4-20-8)12-15-10-2-1-9(21(14,18)19)5-11(10)16-12/h1-2,5,8H,3-4,6-7H2,(H,15,16)(H2,14,18,19). The van der Waals surface area contributed by atoms with Crippen LogP contribution in [-0.2, 0) is 14.8 Å². The average Bonchev–Trinajstić information content (AvgIpc) is 2.89. The van der Waals surface area contributed by atoms with Crippen LogP contribution in [0.15, 0.2) is 23.1 Å². The number of alkyl halides is 1. The molecule has 3 rings (SSSR count). The second kappa shape index (κ2) is 5.24. The summed E-state index contributed by atoms with van der Waals surface area (Å²) in [4.78, 5) is 9.33. The summed E-state index contributed by atoms with van der Waals surface area (Å²) in [5, 5.41) is 5.10. The van der Waals surface area contributed by atoms with Crippen LogP contribution in [0, 0.1) is 0 Å². The van der Waals surface area contributed by atoms with Crippen LogP contribution in [0.25, 0.3) is 11.0 Å². The van der Waals surface area contributed by atoms with Crippen molar-refractivity contribution in [2.45, 2.75) is 11.0 Å². The second-order valence-electron chi connectivity index (χ2n) is 4.88. The van der Waals surface area contributed by atoms with Gasteiger partial charge in [0.25, 0.3) is 0 Å². The van der Waals surface area contributed by atoms with Gasteiger partial charge < -0.3 is 14.6 Å². The second-order valence-corrected chi connectivity index (χ2v) is 6.44. The van der Waals surface area contributed by atoms with Crippen molar-refractivity contribution >= 4 is 27.0 Å². The van der Waals surface area contributed by atoms with Gasteiger partial charge in [-0.25, -0.2) is 22.9 Å². The molecule has 1 saturated heterocycles. The van der Waals surface area contributed by atoms with E-state index in [-0.39, 0.29) is 4.90 Å². The molecule has 0 bridgehead atoms. The van der Waals surface area contributed by atoms with Crippen molar-refractivity contribution in [2.24, 2.45) is 5.14 Å². The van der Waals surface area contributed by atoms with Crippen LogP contribution in [0.5, 0.6) is 0 Å². The number of anilines is 1. The van der Waals surface area contributed by atoms with E-state index in [1.165, 1.54) is 12.1 Å². The Hall–Kier alpha value is -1.71. The van der Waals surface area contributed by atoms with Crippen molar-refractivity contribution in [1.82, 2.24) is 9.97 Å². The molecule has 0 radical (unpaired) electrons. The van der Waals surface area contributed by atoms with Crippen molar-refractivity contribution in [3.8, 4) is 0 Å². The lowest BCUT2D eigenvalue weighted by molar-refractivity contribution is 0.0243. The van der Waals surface area contributed by atoms with E-state index >= 15 is 0 Å². The van der Waals surface area contributed by atoms with Crippen molar-refractivity contribution in [1.29, 1.82) is 0 Å². The normalized spacial score (nSPS) is 20.1. The molecule has 1 fully saturated rings. The molecule has 21 heavy (non-hydrogen) atoms. The Morgan fingerprint density at radius 2 is 2.33 bits per heavy atom. The van der Waals surface area contributed by atoms with Crippen molar-refractivity contribution < 1.29 is 17.5 Å². The van der Waals surface area contributed by atoms with Gasteiger partial charge in [-0.15, -0.1) is 0 Å². The molecule has 7 nitrogen and oxygen atoms in total. The lowest BCUT2D eigenvalue weighted by atomic mass is 10.3. The fourth-order valence-corrected chi connectivity index (χ4v) is 2.85. The lowest BCUT2D eigenvalue weighted by Crippen LogP contribution is -2.43. The zero-order valence-electron chi connectivity index (χ0n) is 11.1. The van der Waals surface area contributed by atoms with Gasteiger partial charge in [0, 0.05) is 13.1 Å². The number of halogens is 1. The number of hydrogen-bond donors (Lipinski definition) is 2. The first-order valence-corrected chi connectivity index (χ1v) is 7.97. The molecule has 2 heterocycles. The number of aromatic amines is 1. The Labute approximate surface area is 121 Å². The third kappa shape index (κ3) is 2.85. The zero-order chi connectivity index (χ0) is 15.0. The van der Waals surface area contributed by atoms with Gasteiger partial charge in [0.05, 0.1) is 22.5 Å². The average molecular weight is 314 g/mol. The Morgan fingerprint density at radius 3 is 3.05 bits per heavy atom. The first kappa shape index (κ1) is 14.2. The van der Waals surface area contributed by atoms with Crippen LogP contribution in [0.4, 0.5) is 10.3 Å². The molecular weight excluding hydrogens is 299 g/mol. The predicted molar refractivity (Wildman–Crippen MR) is 75.4 cm³/mol. The highest BCUT2D eigenvalue weighted by atomic mass is 32.2. The number of hydrogen-bond acceptors (Lipinski definition) is 5. The number of H-pyrrole nitrogens is 1. The van der Waals surface area contributed by atoms with Crippen LogP contribution < -0.4 is 10.0 Å². The molecule has 1 aromatic carbocycles. The third-order valence-electron chi connectivity index (χ3n) is 3.38. The maximum atomic E-state index is 12.7. The van der Waals surface area contributed by atoms with Crippen molar-refractivity contribution in [3.05, 3.63) is 18.2 Å². The van der Waals surface area contributed by atoms with Gasteiger partial charge in [-0.2, -0.15) is 0 Å². The van der Waals surface area contributed by atoms with Gasteiger partial charge in [-0.05, 0) is 18.2 Å². The summed E-state index contributed by atoms with van der Waals surface area (Å²) in [5.41, 5.74) is 1.19. The Bertz CT molecular complexity index is 761. The van der Waals surface area contributed by atoms with E-state index in [0.29, 0.717) is 36.7 Å². The molecule has 1 aliphatic heterocycles. The molecule has 1 aliphatic rings. The number of nitrogens with one attached hydrogen (secondary N) is 1. The van der Waals surface area contributed by atoms with Crippen LogP contribution in [0.3, 0.4) is 0 Å². The van der Waals surface area contributed by atoms with E-state index in [9.17, 15) is 12.8 Å². The smallest absolute Gasteiger partial charge is 0.238 e. The summed E-state index contributed by atoms with van der Waals surface area (Å²) in [6, 6.07) is 4.43. The highest BCUT2D eigenvalue weighted by Crippen LogP contribution is 2.22. The van der Waals surface area contributed by atoms with Gasteiger partial charge in [0.1, 0.15) is 12.8 Å². The van der Waals surface area contributed by atoms with Crippen LogP contribution in [-0.4, -0.2) is 50.9 Å². The Kier molecular flexibility index (Phi) is 3.56. The summed E-state index contributed by atoms with van der Waals surface area (Å²) in [6.07, 6.45) is -0.466. The Morgan fingerprint density at radius 1 is 1.52 bits per heavy atom. The quantitative estimate of drug-likeness (QED) is 0.853. The molecule has 1 atom stereocenters. The van der Waals surface area contributed by atoms with E-state index in [1.54, 1.807) is 6.07 Å². The number of benzene rings is 1. The fourth-order valence-electron chi connectivity index (χ4n) is 2.31. The predicted octanol–water partition coefficient (Wildman–Crippen LogP) is 0.385. The van der Waals surface area contributed by atoms with Gasteiger partial charge in [-0.1, -0.05) is 0 Å². The lowest BCUT2D eigenvalue weighted by Gasteiger charge is -2.31. The van der Waals surface area contributed by atoms with E-state index in [2.05, 4.69) is 9.97 Å². The monoisotopic (exact) mass is 314 g/mol. The van der Waals surface area contributed by atoms with Crippen molar-refractivity contribution in [2.75, 3.05) is 31.3 Å². The van der Waals surface area contributed by atoms with E-state index in [0.717, 1.165) is 0 Å². The van der Waals surface area contributed by atoms with Gasteiger partial charge in [-0.3, -0.25) is 0 Å². The summed E-state index contributed by atoms with van der Waals surface area (Å²) >= 11 is 0. The SMILES string of the molecule is NS(=O)(=O)c1ccc2nc(N3CCOC(CF)C3)[nH]c2c1. The minimum absolute atomic E-state index is 0.0220. The first-order chi connectivity index (χ1) is 9.97. The number of nitrogens with two attached hydrogens (primary N) is 1. The van der Waals surface area contributed by atoms with Crippen LogP contribution in [0.2, 0.25) is 0 Å². The van der Waals surface area contributed by atoms with Gasteiger partial charge in [0.2, 0.25) is 16.0 Å². The minimum atomic E-state index is -3.75. The molecule has 2 aromatic rings. The number of sulfonamides is 1. The summed E-state index contributed by atoms with van der Waals surface area (Å²) in [5.74, 6) is 0.568. The molecule has 0 saturated carbocycles. The number of aromatic nitrogens is 2. The number of primary sulfonamides is 1.